The lowest BCUT2D eigenvalue weighted by Gasteiger charge is -2.13. The number of methoxy groups -OCH3 is 1. The van der Waals surface area contributed by atoms with Crippen LogP contribution in [0.4, 0.5) is 0 Å². The molecule has 0 fully saturated rings. The number of hydrogen-bond donors (Lipinski definition) is 1. The van der Waals surface area contributed by atoms with Crippen molar-refractivity contribution in [2.24, 2.45) is 5.73 Å². The van der Waals surface area contributed by atoms with Crippen molar-refractivity contribution in [3.8, 4) is 11.5 Å². The fraction of sp³-hybridized carbons (Fsp3) is 0.294. The smallest absolute Gasteiger partial charge is 0.125 e. The molecule has 2 aromatic carbocycles. The van der Waals surface area contributed by atoms with Gasteiger partial charge in [-0.3, -0.25) is 0 Å². The van der Waals surface area contributed by atoms with E-state index in [9.17, 15) is 0 Å². The lowest BCUT2D eigenvalue weighted by molar-refractivity contribution is 0.303. The van der Waals surface area contributed by atoms with Gasteiger partial charge in [0.25, 0.3) is 0 Å². The van der Waals surface area contributed by atoms with E-state index in [1.165, 1.54) is 0 Å². The largest absolute Gasteiger partial charge is 0.496 e. The van der Waals surface area contributed by atoms with Crippen LogP contribution in [0.25, 0.3) is 0 Å². The Bertz CT molecular complexity index is 538. The van der Waals surface area contributed by atoms with E-state index in [1.54, 1.807) is 7.11 Å². The highest BCUT2D eigenvalue weighted by atomic mass is 16.5. The molecule has 20 heavy (non-hydrogen) atoms. The molecule has 2 rings (SSSR count). The second-order valence-corrected chi connectivity index (χ2v) is 4.93. The van der Waals surface area contributed by atoms with Gasteiger partial charge in [-0.1, -0.05) is 36.4 Å². The van der Waals surface area contributed by atoms with Crippen molar-refractivity contribution in [1.82, 2.24) is 0 Å². The average Bonchev–Trinajstić information content (AvgIpc) is 2.46. The fourth-order valence-electron chi connectivity index (χ4n) is 2.07. The summed E-state index contributed by atoms with van der Waals surface area (Å²) in [4.78, 5) is 0. The minimum Gasteiger partial charge on any atom is -0.496 e. The molecule has 2 N–H and O–H groups in total. The highest BCUT2D eigenvalue weighted by Gasteiger charge is 2.07. The van der Waals surface area contributed by atoms with Crippen LogP contribution >= 0.6 is 0 Å². The second kappa shape index (κ2) is 6.96. The van der Waals surface area contributed by atoms with Crippen LogP contribution in [0.15, 0.2) is 48.5 Å². The van der Waals surface area contributed by atoms with Gasteiger partial charge in [0.05, 0.1) is 7.11 Å². The predicted molar refractivity (Wildman–Crippen MR) is 81.1 cm³/mol. The van der Waals surface area contributed by atoms with Crippen LogP contribution in [-0.2, 0) is 13.0 Å². The highest BCUT2D eigenvalue weighted by molar-refractivity contribution is 5.41. The van der Waals surface area contributed by atoms with Crippen LogP contribution in [-0.4, -0.2) is 13.2 Å². The minimum absolute atomic E-state index is 0.111. The Morgan fingerprint density at radius 2 is 1.85 bits per heavy atom. The van der Waals surface area contributed by atoms with Crippen molar-refractivity contribution in [2.75, 3.05) is 7.11 Å². The van der Waals surface area contributed by atoms with E-state index in [-0.39, 0.29) is 6.04 Å². The first-order valence-corrected chi connectivity index (χ1v) is 6.78. The Morgan fingerprint density at radius 3 is 2.50 bits per heavy atom. The Balaban J connectivity index is 2.05. The molecule has 1 atom stereocenters. The summed E-state index contributed by atoms with van der Waals surface area (Å²) in [5.41, 5.74) is 8.08. The topological polar surface area (TPSA) is 44.5 Å². The van der Waals surface area contributed by atoms with Crippen LogP contribution in [0, 0.1) is 0 Å². The van der Waals surface area contributed by atoms with Gasteiger partial charge in [-0.05, 0) is 30.5 Å². The van der Waals surface area contributed by atoms with Gasteiger partial charge in [0.15, 0.2) is 0 Å². The standard InChI is InChI=1S/C17H21NO2/c1-13(18)10-15-8-9-16(11-17(15)19-2)20-12-14-6-4-3-5-7-14/h3-9,11,13H,10,12,18H2,1-2H3. The molecule has 0 aliphatic rings. The van der Waals surface area contributed by atoms with Gasteiger partial charge in [-0.15, -0.1) is 0 Å². The van der Waals surface area contributed by atoms with E-state index in [4.69, 9.17) is 15.2 Å². The van der Waals surface area contributed by atoms with Crippen molar-refractivity contribution in [1.29, 1.82) is 0 Å². The zero-order chi connectivity index (χ0) is 14.4. The van der Waals surface area contributed by atoms with Crippen molar-refractivity contribution in [3.05, 3.63) is 59.7 Å². The first-order chi connectivity index (χ1) is 9.69. The molecule has 1 unspecified atom stereocenters. The molecule has 0 aliphatic heterocycles. The summed E-state index contributed by atoms with van der Waals surface area (Å²) < 4.78 is 11.2. The quantitative estimate of drug-likeness (QED) is 0.877. The molecule has 3 nitrogen and oxygen atoms in total. The highest BCUT2D eigenvalue weighted by Crippen LogP contribution is 2.26. The molecule has 0 aliphatic carbocycles. The normalized spacial score (nSPS) is 11.9. The van der Waals surface area contributed by atoms with Crippen LogP contribution in [0.5, 0.6) is 11.5 Å². The molecule has 0 saturated heterocycles. The SMILES string of the molecule is COc1cc(OCc2ccccc2)ccc1CC(C)N. The van der Waals surface area contributed by atoms with E-state index >= 15 is 0 Å². The zero-order valence-corrected chi connectivity index (χ0v) is 12.0. The van der Waals surface area contributed by atoms with E-state index in [2.05, 4.69) is 0 Å². The molecular weight excluding hydrogens is 250 g/mol. The summed E-state index contributed by atoms with van der Waals surface area (Å²) in [5.74, 6) is 1.63. The van der Waals surface area contributed by atoms with E-state index in [0.29, 0.717) is 6.61 Å². The first kappa shape index (κ1) is 14.4. The molecule has 0 spiro atoms. The van der Waals surface area contributed by atoms with Crippen LogP contribution in [0.3, 0.4) is 0 Å². The maximum absolute atomic E-state index is 5.83. The zero-order valence-electron chi connectivity index (χ0n) is 12.0. The lowest BCUT2D eigenvalue weighted by Crippen LogP contribution is -2.18. The molecule has 3 heteroatoms. The van der Waals surface area contributed by atoms with Crippen LogP contribution < -0.4 is 15.2 Å². The predicted octanol–water partition coefficient (Wildman–Crippen LogP) is 3.16. The van der Waals surface area contributed by atoms with Crippen molar-refractivity contribution in [2.45, 2.75) is 26.0 Å². The summed E-state index contributed by atoms with van der Waals surface area (Å²) in [6.45, 7) is 2.54. The molecule has 0 heterocycles. The molecular formula is C17H21NO2. The molecule has 0 aromatic heterocycles. The summed E-state index contributed by atoms with van der Waals surface area (Å²) in [5, 5.41) is 0. The van der Waals surface area contributed by atoms with Gasteiger partial charge in [-0.25, -0.2) is 0 Å². The molecule has 0 radical (unpaired) electrons. The Labute approximate surface area is 120 Å². The summed E-state index contributed by atoms with van der Waals surface area (Å²) in [6, 6.07) is 16.1. The molecule has 0 amide bonds. The Morgan fingerprint density at radius 1 is 1.10 bits per heavy atom. The monoisotopic (exact) mass is 271 g/mol. The number of nitrogens with two attached hydrogens (primary N) is 1. The van der Waals surface area contributed by atoms with Gasteiger partial charge in [0.1, 0.15) is 18.1 Å². The maximum Gasteiger partial charge on any atom is 0.125 e. The lowest BCUT2D eigenvalue weighted by atomic mass is 10.1. The van der Waals surface area contributed by atoms with Gasteiger partial charge < -0.3 is 15.2 Å². The van der Waals surface area contributed by atoms with Crippen LogP contribution in [0.1, 0.15) is 18.1 Å². The summed E-state index contributed by atoms with van der Waals surface area (Å²) >= 11 is 0. The summed E-state index contributed by atoms with van der Waals surface area (Å²) in [7, 11) is 1.67. The minimum atomic E-state index is 0.111. The third-order valence-corrected chi connectivity index (χ3v) is 3.05. The third kappa shape index (κ3) is 4.00. The van der Waals surface area contributed by atoms with Crippen molar-refractivity contribution < 1.29 is 9.47 Å². The number of ether oxygens (including phenoxy) is 2. The number of rotatable bonds is 6. The fourth-order valence-corrected chi connectivity index (χ4v) is 2.07. The van der Waals surface area contributed by atoms with Gasteiger partial charge >= 0.3 is 0 Å². The van der Waals surface area contributed by atoms with Gasteiger partial charge in [0, 0.05) is 12.1 Å². The van der Waals surface area contributed by atoms with Crippen molar-refractivity contribution in [3.63, 3.8) is 0 Å². The van der Waals surface area contributed by atoms with E-state index < -0.39 is 0 Å². The number of hydrogen-bond acceptors (Lipinski definition) is 3. The molecule has 2 aromatic rings. The molecule has 0 saturated carbocycles. The van der Waals surface area contributed by atoms with E-state index in [1.807, 2.05) is 55.5 Å². The van der Waals surface area contributed by atoms with Gasteiger partial charge in [-0.2, -0.15) is 0 Å². The van der Waals surface area contributed by atoms with E-state index in [0.717, 1.165) is 29.0 Å². The van der Waals surface area contributed by atoms with Gasteiger partial charge in [0.2, 0.25) is 0 Å². The summed E-state index contributed by atoms with van der Waals surface area (Å²) in [6.07, 6.45) is 0.794. The Kier molecular flexibility index (Phi) is 5.02. The maximum atomic E-state index is 5.83. The second-order valence-electron chi connectivity index (χ2n) is 4.93. The van der Waals surface area contributed by atoms with Crippen molar-refractivity contribution >= 4 is 0 Å². The Hall–Kier alpha value is -2.00. The first-order valence-electron chi connectivity index (χ1n) is 6.78. The third-order valence-electron chi connectivity index (χ3n) is 3.05. The average molecular weight is 271 g/mol. The molecule has 0 bridgehead atoms. The van der Waals surface area contributed by atoms with Crippen LogP contribution in [0.2, 0.25) is 0 Å². The number of benzene rings is 2. The molecule has 106 valence electrons.